The van der Waals surface area contributed by atoms with Crippen LogP contribution in [-0.2, 0) is 17.9 Å². The zero-order valence-corrected chi connectivity index (χ0v) is 16.1. The molecule has 0 saturated heterocycles. The Balaban J connectivity index is 1.64. The Bertz CT molecular complexity index is 941. The lowest BCUT2D eigenvalue weighted by atomic mass is 10.1. The Morgan fingerprint density at radius 3 is 2.63 bits per heavy atom. The van der Waals surface area contributed by atoms with E-state index in [-0.39, 0.29) is 24.0 Å². The second-order valence-electron chi connectivity index (χ2n) is 6.02. The predicted octanol–water partition coefficient (Wildman–Crippen LogP) is 3.82. The summed E-state index contributed by atoms with van der Waals surface area (Å²) in [4.78, 5) is 12.1. The van der Waals surface area contributed by atoms with E-state index in [0.29, 0.717) is 17.3 Å². The van der Waals surface area contributed by atoms with Crippen molar-refractivity contribution in [2.24, 2.45) is 0 Å². The Morgan fingerprint density at radius 1 is 1.15 bits per heavy atom. The number of aromatic nitrogens is 3. The van der Waals surface area contributed by atoms with Crippen molar-refractivity contribution in [1.82, 2.24) is 20.1 Å². The molecule has 140 valence electrons. The minimum Gasteiger partial charge on any atom is -0.351 e. The maximum atomic E-state index is 13.6. The summed E-state index contributed by atoms with van der Waals surface area (Å²) >= 11 is 1.32. The van der Waals surface area contributed by atoms with Gasteiger partial charge in [-0.25, -0.2) is 4.39 Å². The summed E-state index contributed by atoms with van der Waals surface area (Å²) in [6.45, 7) is 4.93. The smallest absolute Gasteiger partial charge is 0.230 e. The standard InChI is InChI=1S/C20H21FN4OS/c1-3-25-19(16-10-6-4-8-14(16)2)23-24-20(25)27-13-18(26)22-12-15-9-5-7-11-17(15)21/h4-11H,3,12-13H2,1-2H3,(H,22,26). The average molecular weight is 384 g/mol. The van der Waals surface area contributed by atoms with Crippen molar-refractivity contribution in [2.75, 3.05) is 5.75 Å². The molecular formula is C20H21FN4OS. The fraction of sp³-hybridized carbons (Fsp3) is 0.250. The van der Waals surface area contributed by atoms with E-state index in [4.69, 9.17) is 0 Å². The van der Waals surface area contributed by atoms with Gasteiger partial charge in [0.2, 0.25) is 5.91 Å². The van der Waals surface area contributed by atoms with Crippen LogP contribution in [0.15, 0.2) is 53.7 Å². The monoisotopic (exact) mass is 384 g/mol. The Morgan fingerprint density at radius 2 is 1.89 bits per heavy atom. The van der Waals surface area contributed by atoms with Gasteiger partial charge in [0.15, 0.2) is 11.0 Å². The van der Waals surface area contributed by atoms with Crippen LogP contribution in [0.1, 0.15) is 18.1 Å². The zero-order valence-electron chi connectivity index (χ0n) is 15.3. The van der Waals surface area contributed by atoms with Gasteiger partial charge in [0.1, 0.15) is 5.82 Å². The third-order valence-corrected chi connectivity index (χ3v) is 5.15. The molecular weight excluding hydrogens is 363 g/mol. The van der Waals surface area contributed by atoms with Gasteiger partial charge in [0.25, 0.3) is 0 Å². The maximum Gasteiger partial charge on any atom is 0.230 e. The van der Waals surface area contributed by atoms with E-state index in [1.807, 2.05) is 42.7 Å². The van der Waals surface area contributed by atoms with Crippen LogP contribution in [0.25, 0.3) is 11.4 Å². The molecule has 0 aliphatic carbocycles. The summed E-state index contributed by atoms with van der Waals surface area (Å²) in [6.07, 6.45) is 0. The van der Waals surface area contributed by atoms with E-state index in [2.05, 4.69) is 15.5 Å². The summed E-state index contributed by atoms with van der Waals surface area (Å²) in [5.41, 5.74) is 2.62. The number of carbonyl (C=O) groups is 1. The van der Waals surface area contributed by atoms with Gasteiger partial charge in [-0.1, -0.05) is 54.2 Å². The lowest BCUT2D eigenvalue weighted by Crippen LogP contribution is -2.25. The van der Waals surface area contributed by atoms with Crippen LogP contribution < -0.4 is 5.32 Å². The molecule has 1 N–H and O–H groups in total. The number of nitrogens with zero attached hydrogens (tertiary/aromatic N) is 3. The largest absolute Gasteiger partial charge is 0.351 e. The Hall–Kier alpha value is -2.67. The van der Waals surface area contributed by atoms with E-state index in [0.717, 1.165) is 17.0 Å². The topological polar surface area (TPSA) is 59.8 Å². The number of nitrogens with one attached hydrogen (secondary N) is 1. The molecule has 0 saturated carbocycles. The minimum atomic E-state index is -0.320. The SMILES string of the molecule is CCn1c(SCC(=O)NCc2ccccc2F)nnc1-c1ccccc1C. The molecule has 0 radical (unpaired) electrons. The Kier molecular flexibility index (Phi) is 6.24. The van der Waals surface area contributed by atoms with Crippen LogP contribution in [0.3, 0.4) is 0 Å². The second-order valence-corrected chi connectivity index (χ2v) is 6.96. The van der Waals surface area contributed by atoms with Gasteiger partial charge in [-0.3, -0.25) is 4.79 Å². The third-order valence-electron chi connectivity index (χ3n) is 4.19. The van der Waals surface area contributed by atoms with Gasteiger partial charge in [0.05, 0.1) is 5.75 Å². The molecule has 3 rings (SSSR count). The van der Waals surface area contributed by atoms with Crippen molar-refractivity contribution < 1.29 is 9.18 Å². The highest BCUT2D eigenvalue weighted by molar-refractivity contribution is 7.99. The first-order chi connectivity index (χ1) is 13.1. The summed E-state index contributed by atoms with van der Waals surface area (Å²) in [5, 5.41) is 12.0. The zero-order chi connectivity index (χ0) is 19.2. The van der Waals surface area contributed by atoms with Gasteiger partial charge in [-0.2, -0.15) is 0 Å². The van der Waals surface area contributed by atoms with Crippen LogP contribution in [0.5, 0.6) is 0 Å². The average Bonchev–Trinajstić information content (AvgIpc) is 3.08. The first-order valence-corrected chi connectivity index (χ1v) is 9.70. The number of hydrogen-bond donors (Lipinski definition) is 1. The normalized spacial score (nSPS) is 10.8. The molecule has 0 atom stereocenters. The van der Waals surface area contributed by atoms with E-state index >= 15 is 0 Å². The summed E-state index contributed by atoms with van der Waals surface area (Å²) in [6, 6.07) is 14.4. The summed E-state index contributed by atoms with van der Waals surface area (Å²) < 4.78 is 15.6. The van der Waals surface area contributed by atoms with Crippen LogP contribution in [0.4, 0.5) is 4.39 Å². The van der Waals surface area contributed by atoms with Gasteiger partial charge in [-0.15, -0.1) is 10.2 Å². The Labute approximate surface area is 162 Å². The van der Waals surface area contributed by atoms with Gasteiger partial charge in [0, 0.05) is 24.2 Å². The van der Waals surface area contributed by atoms with E-state index in [9.17, 15) is 9.18 Å². The molecule has 0 fully saturated rings. The second kappa shape index (κ2) is 8.81. The van der Waals surface area contributed by atoms with Crippen molar-refractivity contribution in [3.05, 3.63) is 65.5 Å². The highest BCUT2D eigenvalue weighted by Crippen LogP contribution is 2.26. The third kappa shape index (κ3) is 4.54. The number of hydrogen-bond acceptors (Lipinski definition) is 4. The molecule has 27 heavy (non-hydrogen) atoms. The molecule has 0 spiro atoms. The molecule has 3 aromatic rings. The van der Waals surface area contributed by atoms with Crippen molar-refractivity contribution in [3.8, 4) is 11.4 Å². The molecule has 5 nitrogen and oxygen atoms in total. The summed E-state index contributed by atoms with van der Waals surface area (Å²) in [5.74, 6) is 0.496. The lowest BCUT2D eigenvalue weighted by Gasteiger charge is -2.09. The van der Waals surface area contributed by atoms with E-state index in [1.165, 1.54) is 17.8 Å². The van der Waals surface area contributed by atoms with Crippen LogP contribution in [0, 0.1) is 12.7 Å². The molecule has 2 aromatic carbocycles. The molecule has 0 aliphatic rings. The first-order valence-electron chi connectivity index (χ1n) is 8.72. The minimum absolute atomic E-state index is 0.168. The van der Waals surface area contributed by atoms with E-state index in [1.54, 1.807) is 18.2 Å². The fourth-order valence-corrected chi connectivity index (χ4v) is 3.55. The fourth-order valence-electron chi connectivity index (χ4n) is 2.72. The molecule has 0 aliphatic heterocycles. The molecule has 7 heteroatoms. The molecule has 1 heterocycles. The molecule has 0 unspecified atom stereocenters. The van der Waals surface area contributed by atoms with Crippen molar-refractivity contribution in [3.63, 3.8) is 0 Å². The van der Waals surface area contributed by atoms with Crippen LogP contribution >= 0.6 is 11.8 Å². The first kappa shape index (κ1) is 19.1. The number of halogens is 1. The van der Waals surface area contributed by atoms with Crippen LogP contribution in [0.2, 0.25) is 0 Å². The highest BCUT2D eigenvalue weighted by atomic mass is 32.2. The summed E-state index contributed by atoms with van der Waals surface area (Å²) in [7, 11) is 0. The van der Waals surface area contributed by atoms with Crippen LogP contribution in [-0.4, -0.2) is 26.4 Å². The number of aryl methyl sites for hydroxylation is 1. The maximum absolute atomic E-state index is 13.6. The number of benzene rings is 2. The predicted molar refractivity (Wildman–Crippen MR) is 105 cm³/mol. The van der Waals surface area contributed by atoms with E-state index < -0.39 is 0 Å². The van der Waals surface area contributed by atoms with Crippen molar-refractivity contribution in [2.45, 2.75) is 32.1 Å². The lowest BCUT2D eigenvalue weighted by molar-refractivity contribution is -0.118. The van der Waals surface area contributed by atoms with Gasteiger partial charge in [-0.05, 0) is 25.5 Å². The number of thioether (sulfide) groups is 1. The molecule has 1 aromatic heterocycles. The number of amides is 1. The number of carbonyl (C=O) groups excluding carboxylic acids is 1. The van der Waals surface area contributed by atoms with Gasteiger partial charge < -0.3 is 9.88 Å². The van der Waals surface area contributed by atoms with Crippen molar-refractivity contribution in [1.29, 1.82) is 0 Å². The van der Waals surface area contributed by atoms with Crippen molar-refractivity contribution >= 4 is 17.7 Å². The number of rotatable bonds is 7. The van der Waals surface area contributed by atoms with Gasteiger partial charge >= 0.3 is 0 Å². The quantitative estimate of drug-likeness (QED) is 0.629. The molecule has 0 bridgehead atoms. The molecule has 1 amide bonds. The highest BCUT2D eigenvalue weighted by Gasteiger charge is 2.15.